The van der Waals surface area contributed by atoms with Gasteiger partial charge in [-0.25, -0.2) is 4.98 Å². The zero-order chi connectivity index (χ0) is 33.5. The molecule has 3 aromatic heterocycles. The molecule has 0 spiro atoms. The van der Waals surface area contributed by atoms with Crippen LogP contribution >= 0.6 is 0 Å². The lowest BCUT2D eigenvalue weighted by Gasteiger charge is -2.26. The van der Waals surface area contributed by atoms with Gasteiger partial charge in [-0.1, -0.05) is 121 Å². The number of aromatic nitrogens is 3. The van der Waals surface area contributed by atoms with Crippen molar-refractivity contribution in [2.75, 3.05) is 4.90 Å². The molecule has 4 heterocycles. The summed E-state index contributed by atoms with van der Waals surface area (Å²) in [5, 5.41) is 4.94. The Morgan fingerprint density at radius 2 is 0.784 bits per heavy atom. The second kappa shape index (κ2) is 10.8. The van der Waals surface area contributed by atoms with E-state index >= 15 is 0 Å². The molecule has 4 heteroatoms. The van der Waals surface area contributed by atoms with Crippen LogP contribution in [-0.4, -0.2) is 14.1 Å². The van der Waals surface area contributed by atoms with Crippen molar-refractivity contribution in [1.82, 2.24) is 14.1 Å². The summed E-state index contributed by atoms with van der Waals surface area (Å²) >= 11 is 0. The highest BCUT2D eigenvalue weighted by molar-refractivity contribution is 6.28. The van der Waals surface area contributed by atoms with Crippen LogP contribution in [0.1, 0.15) is 0 Å². The lowest BCUT2D eigenvalue weighted by atomic mass is 9.95. The van der Waals surface area contributed by atoms with Gasteiger partial charge in [-0.15, -0.1) is 0 Å². The summed E-state index contributed by atoms with van der Waals surface area (Å²) in [6, 6.07) is 65.2. The van der Waals surface area contributed by atoms with Crippen LogP contribution in [-0.2, 0) is 0 Å². The molecule has 0 N–H and O–H groups in total. The molecule has 0 fully saturated rings. The van der Waals surface area contributed by atoms with Gasteiger partial charge in [-0.3, -0.25) is 9.47 Å². The number of fused-ring (bicyclic) bond motifs is 12. The van der Waals surface area contributed by atoms with Crippen LogP contribution in [0, 0.1) is 0 Å². The van der Waals surface area contributed by atoms with Crippen LogP contribution in [0.2, 0.25) is 0 Å². The normalized spacial score (nSPS) is 12.3. The van der Waals surface area contributed by atoms with Gasteiger partial charge in [0.2, 0.25) is 0 Å². The van der Waals surface area contributed by atoms with Gasteiger partial charge in [0.1, 0.15) is 11.6 Å². The molecule has 0 amide bonds. The van der Waals surface area contributed by atoms with Crippen LogP contribution in [0.25, 0.3) is 77.4 Å². The second-order valence-electron chi connectivity index (χ2n) is 13.2. The van der Waals surface area contributed by atoms with Gasteiger partial charge in [0.05, 0.1) is 33.4 Å². The summed E-state index contributed by atoms with van der Waals surface area (Å²) in [6.45, 7) is 0. The van der Waals surface area contributed by atoms with E-state index in [4.69, 9.17) is 4.98 Å². The SMILES string of the molecule is c1ccc(-n2c3ccccc3c3c4c5ccccc5n(-c5cccc(N6c7ccccc7-c7ccccc7-c7ccccc76)n5)c4ccc32)cc1. The third-order valence-corrected chi connectivity index (χ3v) is 10.5. The molecule has 0 bridgehead atoms. The number of hydrogen-bond acceptors (Lipinski definition) is 2. The van der Waals surface area contributed by atoms with Crippen LogP contribution in [0.3, 0.4) is 0 Å². The standard InChI is InChI=1S/C47H30N4/c1-2-15-31(16-3-1)49-40-25-12-8-21-36(40)46-42(49)29-30-43-47(46)37-22-9-13-26-41(37)51(43)45-28-14-27-44(48-45)50-38-23-10-6-19-34(38)32-17-4-5-18-33(32)35-20-7-11-24-39(35)50/h1-30H. The number of anilines is 3. The molecule has 10 aromatic rings. The third-order valence-electron chi connectivity index (χ3n) is 10.5. The summed E-state index contributed by atoms with van der Waals surface area (Å²) in [5.41, 5.74) is 12.8. The van der Waals surface area contributed by atoms with E-state index in [9.17, 15) is 0 Å². The maximum atomic E-state index is 5.52. The van der Waals surface area contributed by atoms with E-state index < -0.39 is 0 Å². The molecule has 0 atom stereocenters. The minimum absolute atomic E-state index is 0.868. The molecule has 7 aromatic carbocycles. The molecular weight excluding hydrogens is 621 g/mol. The fourth-order valence-corrected chi connectivity index (χ4v) is 8.40. The fraction of sp³-hybridized carbons (Fsp3) is 0. The average molecular weight is 651 g/mol. The first kappa shape index (κ1) is 28.0. The molecule has 11 rings (SSSR count). The van der Waals surface area contributed by atoms with Crippen LogP contribution in [0.5, 0.6) is 0 Å². The first-order chi connectivity index (χ1) is 25.3. The first-order valence-corrected chi connectivity index (χ1v) is 17.4. The Bertz CT molecular complexity index is 2920. The Labute approximate surface area is 294 Å². The third kappa shape index (κ3) is 3.99. The van der Waals surface area contributed by atoms with Gasteiger partial charge in [0, 0.05) is 38.4 Å². The lowest BCUT2D eigenvalue weighted by molar-refractivity contribution is 1.06. The number of hydrogen-bond donors (Lipinski definition) is 0. The van der Waals surface area contributed by atoms with Crippen molar-refractivity contribution in [2.45, 2.75) is 0 Å². The van der Waals surface area contributed by atoms with E-state index in [0.29, 0.717) is 0 Å². The summed E-state index contributed by atoms with van der Waals surface area (Å²) in [7, 11) is 0. The summed E-state index contributed by atoms with van der Waals surface area (Å²) in [4.78, 5) is 7.85. The minimum atomic E-state index is 0.868. The van der Waals surface area contributed by atoms with Crippen molar-refractivity contribution < 1.29 is 0 Å². The Hall–Kier alpha value is -6.91. The predicted molar refractivity (Wildman–Crippen MR) is 212 cm³/mol. The Balaban J connectivity index is 1.19. The zero-order valence-corrected chi connectivity index (χ0v) is 27.6. The van der Waals surface area contributed by atoms with Gasteiger partial charge in [-0.2, -0.15) is 0 Å². The summed E-state index contributed by atoms with van der Waals surface area (Å²) in [5.74, 6) is 1.74. The number of pyridine rings is 1. The largest absolute Gasteiger partial charge is 0.309 e. The van der Waals surface area contributed by atoms with Crippen molar-refractivity contribution in [3.8, 4) is 33.8 Å². The quantitative estimate of drug-likeness (QED) is 0.190. The monoisotopic (exact) mass is 650 g/mol. The van der Waals surface area contributed by atoms with Crippen molar-refractivity contribution >= 4 is 60.8 Å². The Morgan fingerprint density at radius 3 is 1.41 bits per heavy atom. The van der Waals surface area contributed by atoms with Crippen molar-refractivity contribution in [3.63, 3.8) is 0 Å². The number of rotatable bonds is 3. The molecule has 1 aliphatic heterocycles. The maximum absolute atomic E-state index is 5.52. The molecule has 0 saturated heterocycles. The van der Waals surface area contributed by atoms with Gasteiger partial charge >= 0.3 is 0 Å². The van der Waals surface area contributed by atoms with E-state index in [0.717, 1.165) is 39.7 Å². The zero-order valence-electron chi connectivity index (χ0n) is 27.6. The van der Waals surface area contributed by atoms with E-state index in [1.165, 1.54) is 54.8 Å². The predicted octanol–water partition coefficient (Wildman–Crippen LogP) is 12.4. The van der Waals surface area contributed by atoms with Crippen LogP contribution < -0.4 is 4.90 Å². The maximum Gasteiger partial charge on any atom is 0.140 e. The summed E-state index contributed by atoms with van der Waals surface area (Å²) < 4.78 is 4.73. The van der Waals surface area contributed by atoms with Crippen molar-refractivity contribution in [1.29, 1.82) is 0 Å². The molecule has 0 aliphatic carbocycles. The molecule has 0 unspecified atom stereocenters. The first-order valence-electron chi connectivity index (χ1n) is 17.4. The highest BCUT2D eigenvalue weighted by Gasteiger charge is 2.27. The fourth-order valence-electron chi connectivity index (χ4n) is 8.40. The van der Waals surface area contributed by atoms with E-state index in [-0.39, 0.29) is 0 Å². The molecular formula is C47H30N4. The number of nitrogens with zero attached hydrogens (tertiary/aromatic N) is 4. The highest BCUT2D eigenvalue weighted by atomic mass is 15.2. The van der Waals surface area contributed by atoms with E-state index in [1.54, 1.807) is 0 Å². The number of para-hydroxylation sites is 5. The Kier molecular flexibility index (Phi) is 5.92. The Morgan fingerprint density at radius 1 is 0.314 bits per heavy atom. The number of benzene rings is 7. The summed E-state index contributed by atoms with van der Waals surface area (Å²) in [6.07, 6.45) is 0. The van der Waals surface area contributed by atoms with Crippen molar-refractivity contribution in [2.24, 2.45) is 0 Å². The van der Waals surface area contributed by atoms with Gasteiger partial charge in [0.15, 0.2) is 0 Å². The second-order valence-corrected chi connectivity index (χ2v) is 13.2. The molecule has 0 radical (unpaired) electrons. The van der Waals surface area contributed by atoms with E-state index in [2.05, 4.69) is 196 Å². The van der Waals surface area contributed by atoms with Gasteiger partial charge < -0.3 is 4.57 Å². The van der Waals surface area contributed by atoms with Gasteiger partial charge in [0.25, 0.3) is 0 Å². The van der Waals surface area contributed by atoms with Gasteiger partial charge in [-0.05, 0) is 71.8 Å². The average Bonchev–Trinajstić information content (AvgIpc) is 3.68. The van der Waals surface area contributed by atoms with Crippen LogP contribution in [0.15, 0.2) is 182 Å². The van der Waals surface area contributed by atoms with Crippen molar-refractivity contribution in [3.05, 3.63) is 182 Å². The van der Waals surface area contributed by atoms with E-state index in [1.807, 2.05) is 0 Å². The lowest BCUT2D eigenvalue weighted by Crippen LogP contribution is -2.13. The topological polar surface area (TPSA) is 26.0 Å². The minimum Gasteiger partial charge on any atom is -0.309 e. The molecule has 4 nitrogen and oxygen atoms in total. The molecule has 0 saturated carbocycles. The molecule has 1 aliphatic rings. The molecule has 51 heavy (non-hydrogen) atoms. The highest BCUT2D eigenvalue weighted by Crippen LogP contribution is 2.50. The smallest absolute Gasteiger partial charge is 0.140 e. The molecule has 238 valence electrons. The van der Waals surface area contributed by atoms with Crippen LogP contribution in [0.4, 0.5) is 17.2 Å².